The van der Waals surface area contributed by atoms with Crippen LogP contribution in [-0.2, 0) is 4.79 Å². The lowest BCUT2D eigenvalue weighted by Crippen LogP contribution is -2.55. The average molecular weight is 319 g/mol. The second-order valence-corrected chi connectivity index (χ2v) is 5.76. The summed E-state index contributed by atoms with van der Waals surface area (Å²) in [4.78, 5) is 41.1. The Balaban J connectivity index is 2.01. The number of piperidine rings is 1. The van der Waals surface area contributed by atoms with Crippen molar-refractivity contribution in [2.45, 2.75) is 19.4 Å². The molecule has 0 bridgehead atoms. The fraction of sp³-hybridized carbons (Fsp3) is 0.467. The molecular weight excluding hydrogens is 298 g/mol. The van der Waals surface area contributed by atoms with Crippen LogP contribution in [-0.4, -0.2) is 54.4 Å². The molecule has 0 aromatic carbocycles. The van der Waals surface area contributed by atoms with Gasteiger partial charge >= 0.3 is 6.03 Å². The monoisotopic (exact) mass is 319 g/mol. The third-order valence-corrected chi connectivity index (χ3v) is 3.68. The maximum atomic E-state index is 12.1. The third-order valence-electron chi connectivity index (χ3n) is 3.68. The highest BCUT2D eigenvalue weighted by atomic mass is 16.2. The number of carbonyl (C=O) groups is 3. The van der Waals surface area contributed by atoms with Gasteiger partial charge in [-0.2, -0.15) is 0 Å². The molecule has 3 N–H and O–H groups in total. The number of urea groups is 1. The smallest absolute Gasteiger partial charge is 0.319 e. The van der Waals surface area contributed by atoms with Crippen molar-refractivity contribution in [2.24, 2.45) is 5.92 Å². The molecule has 0 saturated carbocycles. The topological polar surface area (TPSA) is 103 Å². The average Bonchev–Trinajstić information content (AvgIpc) is 2.50. The van der Waals surface area contributed by atoms with E-state index in [2.05, 4.69) is 20.9 Å². The molecule has 4 amide bonds. The summed E-state index contributed by atoms with van der Waals surface area (Å²) < 4.78 is 0. The van der Waals surface area contributed by atoms with Gasteiger partial charge in [0.25, 0.3) is 5.91 Å². The molecule has 0 spiro atoms. The van der Waals surface area contributed by atoms with E-state index in [9.17, 15) is 14.4 Å². The Bertz CT molecular complexity index is 617. The van der Waals surface area contributed by atoms with E-state index in [1.165, 1.54) is 17.2 Å². The molecule has 1 fully saturated rings. The Morgan fingerprint density at radius 1 is 1.39 bits per heavy atom. The molecule has 2 heterocycles. The number of aromatic nitrogens is 1. The van der Waals surface area contributed by atoms with Crippen LogP contribution in [0.3, 0.4) is 0 Å². The normalized spacial score (nSPS) is 20.4. The number of anilines is 1. The first kappa shape index (κ1) is 16.7. The van der Waals surface area contributed by atoms with E-state index in [0.29, 0.717) is 12.2 Å². The van der Waals surface area contributed by atoms with E-state index in [1.807, 2.05) is 6.92 Å². The molecule has 1 aliphatic rings. The molecule has 2 unspecified atom stereocenters. The summed E-state index contributed by atoms with van der Waals surface area (Å²) in [5, 5.41) is 8.01. The molecule has 0 aliphatic carbocycles. The molecule has 2 rings (SSSR count). The van der Waals surface area contributed by atoms with Crippen molar-refractivity contribution in [3.63, 3.8) is 0 Å². The number of carbonyl (C=O) groups excluding carboxylic acids is 3. The highest BCUT2D eigenvalue weighted by Crippen LogP contribution is 2.13. The van der Waals surface area contributed by atoms with Gasteiger partial charge in [0.15, 0.2) is 0 Å². The molecule has 2 atom stereocenters. The number of hydrogen-bond donors (Lipinski definition) is 3. The van der Waals surface area contributed by atoms with Crippen LogP contribution in [0.25, 0.3) is 0 Å². The molecular formula is C15H21N5O3. The van der Waals surface area contributed by atoms with Crippen LogP contribution in [0.1, 0.15) is 23.8 Å². The van der Waals surface area contributed by atoms with Crippen molar-refractivity contribution < 1.29 is 14.4 Å². The highest BCUT2D eigenvalue weighted by Gasteiger charge is 2.30. The molecule has 8 nitrogen and oxygen atoms in total. The van der Waals surface area contributed by atoms with Crippen LogP contribution in [0.2, 0.25) is 0 Å². The zero-order chi connectivity index (χ0) is 17.0. The van der Waals surface area contributed by atoms with E-state index in [4.69, 9.17) is 0 Å². The van der Waals surface area contributed by atoms with Crippen LogP contribution in [0.15, 0.2) is 18.3 Å². The van der Waals surface area contributed by atoms with Crippen LogP contribution >= 0.6 is 0 Å². The van der Waals surface area contributed by atoms with E-state index < -0.39 is 12.1 Å². The molecule has 23 heavy (non-hydrogen) atoms. The van der Waals surface area contributed by atoms with Crippen LogP contribution in [0, 0.1) is 5.92 Å². The van der Waals surface area contributed by atoms with Crippen molar-refractivity contribution >= 4 is 23.5 Å². The Kier molecular flexibility index (Phi) is 5.15. The quantitative estimate of drug-likeness (QED) is 0.751. The van der Waals surface area contributed by atoms with Crippen molar-refractivity contribution in [3.8, 4) is 0 Å². The minimum Gasteiger partial charge on any atom is -0.354 e. The van der Waals surface area contributed by atoms with E-state index >= 15 is 0 Å². The maximum Gasteiger partial charge on any atom is 0.319 e. The second kappa shape index (κ2) is 7.08. The number of amides is 4. The largest absolute Gasteiger partial charge is 0.354 e. The van der Waals surface area contributed by atoms with Crippen molar-refractivity contribution in [2.75, 3.05) is 26.0 Å². The van der Waals surface area contributed by atoms with Crippen LogP contribution in [0.5, 0.6) is 0 Å². The number of rotatable bonds is 3. The SMILES string of the molecule is CC1CCNC(=O)C1NC(=O)Nc1ccnc(C(=O)N(C)C)c1. The fourth-order valence-corrected chi connectivity index (χ4v) is 2.33. The van der Waals surface area contributed by atoms with E-state index in [1.54, 1.807) is 20.2 Å². The maximum absolute atomic E-state index is 12.1. The van der Waals surface area contributed by atoms with Gasteiger partial charge in [-0.05, 0) is 24.5 Å². The summed E-state index contributed by atoms with van der Waals surface area (Å²) in [5.41, 5.74) is 0.670. The molecule has 1 aliphatic heterocycles. The first-order chi connectivity index (χ1) is 10.9. The summed E-state index contributed by atoms with van der Waals surface area (Å²) >= 11 is 0. The van der Waals surface area contributed by atoms with Crippen molar-refractivity contribution in [1.82, 2.24) is 20.5 Å². The number of hydrogen-bond acceptors (Lipinski definition) is 4. The molecule has 1 saturated heterocycles. The molecule has 0 radical (unpaired) electrons. The summed E-state index contributed by atoms with van der Waals surface area (Å²) in [6.45, 7) is 2.55. The molecule has 1 aromatic heterocycles. The highest BCUT2D eigenvalue weighted by molar-refractivity contribution is 5.96. The number of pyridine rings is 1. The summed E-state index contributed by atoms with van der Waals surface area (Å²) in [5.74, 6) is -0.371. The lowest BCUT2D eigenvalue weighted by molar-refractivity contribution is -0.125. The summed E-state index contributed by atoms with van der Waals surface area (Å²) in [7, 11) is 3.25. The van der Waals surface area contributed by atoms with Gasteiger partial charge in [0.2, 0.25) is 5.91 Å². The summed E-state index contributed by atoms with van der Waals surface area (Å²) in [6, 6.07) is 2.02. The van der Waals surface area contributed by atoms with Gasteiger partial charge in [-0.25, -0.2) is 4.79 Å². The second-order valence-electron chi connectivity index (χ2n) is 5.76. The van der Waals surface area contributed by atoms with Gasteiger partial charge in [0.1, 0.15) is 11.7 Å². The first-order valence-corrected chi connectivity index (χ1v) is 7.41. The minimum absolute atomic E-state index is 0.0674. The predicted molar refractivity (Wildman–Crippen MR) is 85.0 cm³/mol. The zero-order valence-electron chi connectivity index (χ0n) is 13.4. The Labute approximate surface area is 134 Å². The van der Waals surface area contributed by atoms with E-state index in [-0.39, 0.29) is 23.4 Å². The van der Waals surface area contributed by atoms with Crippen molar-refractivity contribution in [3.05, 3.63) is 24.0 Å². The van der Waals surface area contributed by atoms with Crippen LogP contribution in [0.4, 0.5) is 10.5 Å². The van der Waals surface area contributed by atoms with Gasteiger partial charge in [-0.3, -0.25) is 14.6 Å². The zero-order valence-corrected chi connectivity index (χ0v) is 13.4. The van der Waals surface area contributed by atoms with Gasteiger partial charge in [0, 0.05) is 32.5 Å². The predicted octanol–water partition coefficient (Wildman–Crippen LogP) is 0.430. The Hall–Kier alpha value is -2.64. The Morgan fingerprint density at radius 3 is 2.78 bits per heavy atom. The standard InChI is InChI=1S/C15H21N5O3/c1-9-4-6-17-13(21)12(9)19-15(23)18-10-5-7-16-11(8-10)14(22)20(2)3/h5,7-9,12H,4,6H2,1-3H3,(H,17,21)(H2,16,18,19,23). The summed E-state index contributed by atoms with van der Waals surface area (Å²) in [6.07, 6.45) is 2.26. The van der Waals surface area contributed by atoms with Crippen molar-refractivity contribution in [1.29, 1.82) is 0 Å². The fourth-order valence-electron chi connectivity index (χ4n) is 2.33. The minimum atomic E-state index is -0.562. The van der Waals surface area contributed by atoms with E-state index in [0.717, 1.165) is 6.42 Å². The third kappa shape index (κ3) is 4.18. The number of nitrogens with one attached hydrogen (secondary N) is 3. The molecule has 124 valence electrons. The van der Waals surface area contributed by atoms with Crippen LogP contribution < -0.4 is 16.0 Å². The Morgan fingerprint density at radius 2 is 2.13 bits per heavy atom. The van der Waals surface area contributed by atoms with Gasteiger partial charge in [-0.15, -0.1) is 0 Å². The molecule has 8 heteroatoms. The first-order valence-electron chi connectivity index (χ1n) is 7.41. The van der Waals surface area contributed by atoms with Gasteiger partial charge in [-0.1, -0.05) is 6.92 Å². The number of nitrogens with zero attached hydrogens (tertiary/aromatic N) is 2. The lowest BCUT2D eigenvalue weighted by atomic mass is 9.94. The molecule has 1 aromatic rings. The van der Waals surface area contributed by atoms with Gasteiger partial charge < -0.3 is 20.9 Å². The lowest BCUT2D eigenvalue weighted by Gasteiger charge is -2.28. The van der Waals surface area contributed by atoms with Gasteiger partial charge in [0.05, 0.1) is 0 Å².